The van der Waals surface area contributed by atoms with Crippen LogP contribution in [0.3, 0.4) is 0 Å². The van der Waals surface area contributed by atoms with Crippen molar-refractivity contribution in [2.24, 2.45) is 5.84 Å². The van der Waals surface area contributed by atoms with Gasteiger partial charge in [-0.1, -0.05) is 11.4 Å². The molecule has 0 radical (unpaired) electrons. The van der Waals surface area contributed by atoms with Gasteiger partial charge in [-0.2, -0.15) is 0 Å². The minimum absolute atomic E-state index is 0.757. The van der Waals surface area contributed by atoms with E-state index in [1.54, 1.807) is 0 Å². The first-order chi connectivity index (χ1) is 6.85. The van der Waals surface area contributed by atoms with Gasteiger partial charge in [0.15, 0.2) is 0 Å². The first-order valence-corrected chi connectivity index (χ1v) is 5.64. The van der Waals surface area contributed by atoms with Gasteiger partial charge in [-0.15, -0.1) is 5.10 Å². The molecule has 0 bridgehead atoms. The van der Waals surface area contributed by atoms with Crippen molar-refractivity contribution in [2.75, 3.05) is 12.0 Å². The molecule has 78 valence electrons. The van der Waals surface area contributed by atoms with E-state index in [4.69, 9.17) is 5.84 Å². The van der Waals surface area contributed by atoms with E-state index in [1.165, 1.54) is 24.4 Å². The number of hydrazine groups is 1. The third-order valence-electron chi connectivity index (χ3n) is 2.51. The molecule has 0 aliphatic heterocycles. The summed E-state index contributed by atoms with van der Waals surface area (Å²) in [6, 6.07) is 0.757. The van der Waals surface area contributed by atoms with E-state index in [9.17, 15) is 0 Å². The maximum atomic E-state index is 5.37. The Morgan fingerprint density at radius 3 is 3.00 bits per heavy atom. The highest BCUT2D eigenvalue weighted by molar-refractivity contribution is 7.10. The summed E-state index contributed by atoms with van der Waals surface area (Å²) in [4.78, 5) is 2.41. The van der Waals surface area contributed by atoms with Crippen LogP contribution in [0.15, 0.2) is 0 Å². The number of nitrogens with one attached hydrogen (secondary N) is 1. The van der Waals surface area contributed by atoms with Crippen LogP contribution in [0.5, 0.6) is 0 Å². The van der Waals surface area contributed by atoms with Crippen molar-refractivity contribution in [1.82, 2.24) is 14.5 Å². The molecule has 1 aliphatic rings. The number of anilines is 1. The normalized spacial score (nSPS) is 16.2. The Morgan fingerprint density at radius 1 is 1.64 bits per heavy atom. The summed E-state index contributed by atoms with van der Waals surface area (Å²) < 4.78 is 3.88. The lowest BCUT2D eigenvalue weighted by Gasteiger charge is -2.18. The van der Waals surface area contributed by atoms with Crippen LogP contribution in [0, 0.1) is 0 Å². The highest BCUT2D eigenvalue weighted by atomic mass is 32.1. The maximum absolute atomic E-state index is 5.37. The molecular formula is C8H15N5S. The van der Waals surface area contributed by atoms with Gasteiger partial charge in [-0.25, -0.2) is 5.84 Å². The number of hydrogen-bond acceptors (Lipinski definition) is 6. The number of nitrogen functional groups attached to an aromatic ring is 1. The van der Waals surface area contributed by atoms with Crippen LogP contribution in [0.1, 0.15) is 25.5 Å². The maximum Gasteiger partial charge on any atom is 0.148 e. The second kappa shape index (κ2) is 4.20. The molecule has 0 amide bonds. The summed E-state index contributed by atoms with van der Waals surface area (Å²) in [5.74, 6) is 5.37. The molecule has 6 heteroatoms. The van der Waals surface area contributed by atoms with E-state index in [2.05, 4.69) is 26.8 Å². The van der Waals surface area contributed by atoms with Crippen LogP contribution in [0.25, 0.3) is 0 Å². The smallest absolute Gasteiger partial charge is 0.148 e. The summed E-state index contributed by atoms with van der Waals surface area (Å²) >= 11 is 1.31. The third-order valence-corrected chi connectivity index (χ3v) is 3.21. The molecule has 2 rings (SSSR count). The van der Waals surface area contributed by atoms with E-state index >= 15 is 0 Å². The first-order valence-electron chi connectivity index (χ1n) is 4.87. The summed E-state index contributed by atoms with van der Waals surface area (Å²) in [6.07, 6.45) is 2.63. The van der Waals surface area contributed by atoms with Crippen molar-refractivity contribution < 1.29 is 0 Å². The van der Waals surface area contributed by atoms with E-state index in [-0.39, 0.29) is 0 Å². The third kappa shape index (κ3) is 2.02. The van der Waals surface area contributed by atoms with Crippen LogP contribution < -0.4 is 11.3 Å². The molecule has 0 unspecified atom stereocenters. The van der Waals surface area contributed by atoms with Crippen molar-refractivity contribution in [3.05, 3.63) is 5.69 Å². The average molecular weight is 213 g/mol. The lowest BCUT2D eigenvalue weighted by molar-refractivity contribution is 0.266. The Bertz CT molecular complexity index is 296. The predicted molar refractivity (Wildman–Crippen MR) is 56.8 cm³/mol. The molecule has 1 fully saturated rings. The fourth-order valence-corrected chi connectivity index (χ4v) is 2.04. The molecule has 1 saturated carbocycles. The van der Waals surface area contributed by atoms with E-state index in [1.807, 2.05) is 0 Å². The molecule has 5 nitrogen and oxygen atoms in total. The number of aromatic nitrogens is 2. The second-order valence-corrected chi connectivity index (χ2v) is 4.24. The Hall–Kier alpha value is -0.720. The lowest BCUT2D eigenvalue weighted by atomic mass is 10.4. The molecule has 0 atom stereocenters. The van der Waals surface area contributed by atoms with Gasteiger partial charge in [0.2, 0.25) is 0 Å². The largest absolute Gasteiger partial charge is 0.313 e. The molecule has 0 spiro atoms. The summed E-state index contributed by atoms with van der Waals surface area (Å²) in [7, 11) is 0. The zero-order valence-corrected chi connectivity index (χ0v) is 9.05. The number of nitrogens with zero attached hydrogens (tertiary/aromatic N) is 3. The molecule has 0 saturated heterocycles. The molecule has 3 N–H and O–H groups in total. The SMILES string of the molecule is CCN(Cc1nnsc1NN)C1CC1. The molecule has 14 heavy (non-hydrogen) atoms. The van der Waals surface area contributed by atoms with Crippen LogP contribution in [0.4, 0.5) is 5.00 Å². The zero-order valence-electron chi connectivity index (χ0n) is 8.23. The molecule has 1 aromatic rings. The van der Waals surface area contributed by atoms with Crippen molar-refractivity contribution in [3.8, 4) is 0 Å². The molecular weight excluding hydrogens is 198 g/mol. The van der Waals surface area contributed by atoms with Crippen molar-refractivity contribution >= 4 is 16.5 Å². The Labute approximate surface area is 87.4 Å². The van der Waals surface area contributed by atoms with Gasteiger partial charge in [0.1, 0.15) is 10.7 Å². The van der Waals surface area contributed by atoms with Crippen LogP contribution in [-0.4, -0.2) is 27.1 Å². The van der Waals surface area contributed by atoms with Gasteiger partial charge in [0.25, 0.3) is 0 Å². The fourth-order valence-electron chi connectivity index (χ4n) is 1.55. The van der Waals surface area contributed by atoms with Crippen molar-refractivity contribution in [2.45, 2.75) is 32.4 Å². The van der Waals surface area contributed by atoms with Gasteiger partial charge >= 0.3 is 0 Å². The van der Waals surface area contributed by atoms with Gasteiger partial charge in [-0.05, 0) is 19.4 Å². The number of rotatable bonds is 5. The monoisotopic (exact) mass is 213 g/mol. The Balaban J connectivity index is 2.00. The lowest BCUT2D eigenvalue weighted by Crippen LogP contribution is -2.26. The standard InChI is InChI=1S/C8H15N5S/c1-2-13(6-3-4-6)5-7-8(10-9)14-12-11-7/h6,10H,2-5,9H2,1H3. The minimum Gasteiger partial charge on any atom is -0.313 e. The quantitative estimate of drug-likeness (QED) is 0.559. The van der Waals surface area contributed by atoms with E-state index in [0.717, 1.165) is 29.8 Å². The van der Waals surface area contributed by atoms with Crippen LogP contribution >= 0.6 is 11.5 Å². The summed E-state index contributed by atoms with van der Waals surface area (Å²) in [5.41, 5.74) is 3.60. The highest BCUT2D eigenvalue weighted by Crippen LogP contribution is 2.29. The molecule has 1 aliphatic carbocycles. The molecule has 0 aromatic carbocycles. The van der Waals surface area contributed by atoms with Gasteiger partial charge < -0.3 is 5.43 Å². The topological polar surface area (TPSA) is 67.1 Å². The van der Waals surface area contributed by atoms with E-state index < -0.39 is 0 Å². The fraction of sp³-hybridized carbons (Fsp3) is 0.750. The number of hydrogen-bond donors (Lipinski definition) is 2. The van der Waals surface area contributed by atoms with Crippen molar-refractivity contribution in [1.29, 1.82) is 0 Å². The van der Waals surface area contributed by atoms with Crippen LogP contribution in [0.2, 0.25) is 0 Å². The molecule has 1 heterocycles. The van der Waals surface area contributed by atoms with Crippen molar-refractivity contribution in [3.63, 3.8) is 0 Å². The Morgan fingerprint density at radius 2 is 2.43 bits per heavy atom. The van der Waals surface area contributed by atoms with Crippen LogP contribution in [-0.2, 0) is 6.54 Å². The second-order valence-electron chi connectivity index (χ2n) is 3.49. The number of nitrogens with two attached hydrogens (primary N) is 1. The molecule has 1 aromatic heterocycles. The minimum atomic E-state index is 0.757. The van der Waals surface area contributed by atoms with Gasteiger partial charge in [-0.3, -0.25) is 4.90 Å². The summed E-state index contributed by atoms with van der Waals surface area (Å²) in [6.45, 7) is 4.09. The average Bonchev–Trinajstić information content (AvgIpc) is 2.95. The van der Waals surface area contributed by atoms with Gasteiger partial charge in [0.05, 0.1) is 0 Å². The Kier molecular flexibility index (Phi) is 2.95. The van der Waals surface area contributed by atoms with Gasteiger partial charge in [0, 0.05) is 24.1 Å². The first kappa shape index (κ1) is 9.82. The predicted octanol–water partition coefficient (Wildman–Crippen LogP) is 0.808. The highest BCUT2D eigenvalue weighted by Gasteiger charge is 2.28. The van der Waals surface area contributed by atoms with E-state index in [0.29, 0.717) is 0 Å². The zero-order chi connectivity index (χ0) is 9.97. The summed E-state index contributed by atoms with van der Waals surface area (Å²) in [5, 5.41) is 4.95.